The highest BCUT2D eigenvalue weighted by atomic mass is 16.6. The maximum absolute atomic E-state index is 11.7. The van der Waals surface area contributed by atoms with E-state index in [1.54, 1.807) is 25.1 Å². The molecular formula is C16H23N5O5. The molecule has 1 fully saturated rings. The number of nitrogens with two attached hydrogens (primary N) is 1. The molecule has 1 aliphatic heterocycles. The average Bonchev–Trinajstić information content (AvgIpc) is 3.21. The summed E-state index contributed by atoms with van der Waals surface area (Å²) in [4.78, 5) is 24.1. The molecule has 0 saturated carbocycles. The number of hydrogen-bond donors (Lipinski definition) is 1. The number of carbonyl (C=O) groups is 1. The summed E-state index contributed by atoms with van der Waals surface area (Å²) < 4.78 is 24.3. The normalized spacial score (nSPS) is 25.7. The third-order valence-electron chi connectivity index (χ3n) is 4.35. The van der Waals surface area contributed by atoms with E-state index in [0.29, 0.717) is 17.6 Å². The minimum Gasteiger partial charge on any atom is -0.463 e. The second-order valence-corrected chi connectivity index (χ2v) is 5.98. The minimum atomic E-state index is -0.556. The van der Waals surface area contributed by atoms with E-state index in [1.807, 2.05) is 6.92 Å². The van der Waals surface area contributed by atoms with Gasteiger partial charge in [0.25, 0.3) is 0 Å². The molecule has 10 nitrogen and oxygen atoms in total. The van der Waals surface area contributed by atoms with Crippen molar-refractivity contribution in [3.8, 4) is 0 Å². The number of carbonyl (C=O) groups excluding carboxylic acids is 1. The van der Waals surface area contributed by atoms with Crippen molar-refractivity contribution in [2.24, 2.45) is 0 Å². The van der Waals surface area contributed by atoms with E-state index in [4.69, 9.17) is 24.7 Å². The summed E-state index contributed by atoms with van der Waals surface area (Å²) in [5, 5.41) is 0. The van der Waals surface area contributed by atoms with Crippen LogP contribution >= 0.6 is 0 Å². The van der Waals surface area contributed by atoms with E-state index >= 15 is 0 Å². The predicted molar refractivity (Wildman–Crippen MR) is 91.1 cm³/mol. The van der Waals surface area contributed by atoms with Crippen LogP contribution in [0.4, 0.5) is 5.82 Å². The first-order chi connectivity index (χ1) is 12.6. The van der Waals surface area contributed by atoms with E-state index in [-0.39, 0.29) is 18.4 Å². The van der Waals surface area contributed by atoms with Crippen LogP contribution in [0, 0.1) is 0 Å². The molecule has 0 radical (unpaired) electrons. The van der Waals surface area contributed by atoms with Gasteiger partial charge in [0, 0.05) is 20.6 Å². The van der Waals surface area contributed by atoms with Gasteiger partial charge in [0.15, 0.2) is 17.7 Å². The number of imidazole rings is 1. The topological polar surface area (TPSA) is 124 Å². The van der Waals surface area contributed by atoms with E-state index in [0.717, 1.165) is 6.42 Å². The fourth-order valence-electron chi connectivity index (χ4n) is 3.11. The standard InChI is InChI=1S/C16H23N5O5/c1-4-5-10(22)25-6-9-12(23-2)13(24-3)16(26-9)21-8-20-11-14(17)18-7-19-15(11)21/h7-9,12-13,16H,4-6H2,1-3H3,(H2,17,18,19)/t9-,12-,13-,16-/m1/s1. The Labute approximate surface area is 150 Å². The number of nitrogens with zero attached hydrogens (tertiary/aromatic N) is 4. The van der Waals surface area contributed by atoms with Crippen LogP contribution in [-0.2, 0) is 23.7 Å². The Balaban J connectivity index is 1.84. The molecule has 4 atom stereocenters. The summed E-state index contributed by atoms with van der Waals surface area (Å²) >= 11 is 0. The molecule has 1 saturated heterocycles. The maximum atomic E-state index is 11.7. The number of aromatic nitrogens is 4. The monoisotopic (exact) mass is 365 g/mol. The second-order valence-electron chi connectivity index (χ2n) is 5.98. The van der Waals surface area contributed by atoms with Crippen molar-refractivity contribution < 1.29 is 23.7 Å². The number of nitrogen functional groups attached to an aromatic ring is 1. The zero-order chi connectivity index (χ0) is 18.7. The smallest absolute Gasteiger partial charge is 0.305 e. The van der Waals surface area contributed by atoms with E-state index in [9.17, 15) is 4.79 Å². The van der Waals surface area contributed by atoms with Crippen LogP contribution in [0.2, 0.25) is 0 Å². The molecule has 142 valence electrons. The first-order valence-electron chi connectivity index (χ1n) is 8.40. The first kappa shape index (κ1) is 18.5. The van der Waals surface area contributed by atoms with Crippen molar-refractivity contribution in [3.05, 3.63) is 12.7 Å². The third kappa shape index (κ3) is 3.35. The van der Waals surface area contributed by atoms with Crippen LogP contribution in [0.5, 0.6) is 0 Å². The summed E-state index contributed by atoms with van der Waals surface area (Å²) in [6, 6.07) is 0. The van der Waals surface area contributed by atoms with Gasteiger partial charge in [-0.25, -0.2) is 15.0 Å². The van der Waals surface area contributed by atoms with Gasteiger partial charge in [0.1, 0.15) is 36.8 Å². The maximum Gasteiger partial charge on any atom is 0.305 e. The number of anilines is 1. The Bertz CT molecular complexity index is 767. The van der Waals surface area contributed by atoms with Crippen molar-refractivity contribution in [3.63, 3.8) is 0 Å². The van der Waals surface area contributed by atoms with Crippen molar-refractivity contribution in [2.75, 3.05) is 26.6 Å². The molecule has 0 unspecified atom stereocenters. The first-order valence-corrected chi connectivity index (χ1v) is 8.40. The Morgan fingerprint density at radius 1 is 1.27 bits per heavy atom. The van der Waals surface area contributed by atoms with E-state index in [1.165, 1.54) is 6.33 Å². The molecule has 0 bridgehead atoms. The van der Waals surface area contributed by atoms with Gasteiger partial charge >= 0.3 is 5.97 Å². The summed E-state index contributed by atoms with van der Waals surface area (Å²) in [7, 11) is 3.14. The lowest BCUT2D eigenvalue weighted by Crippen LogP contribution is -2.37. The largest absolute Gasteiger partial charge is 0.463 e. The fraction of sp³-hybridized carbons (Fsp3) is 0.625. The van der Waals surface area contributed by atoms with Crippen LogP contribution < -0.4 is 5.73 Å². The molecule has 0 spiro atoms. The van der Waals surface area contributed by atoms with E-state index in [2.05, 4.69) is 15.0 Å². The van der Waals surface area contributed by atoms with Gasteiger partial charge in [0.2, 0.25) is 0 Å². The van der Waals surface area contributed by atoms with Crippen LogP contribution in [0.3, 0.4) is 0 Å². The molecule has 2 aromatic rings. The van der Waals surface area contributed by atoms with Crippen molar-refractivity contribution in [1.82, 2.24) is 19.5 Å². The molecule has 2 N–H and O–H groups in total. The van der Waals surface area contributed by atoms with Crippen molar-refractivity contribution in [2.45, 2.75) is 44.3 Å². The molecule has 10 heteroatoms. The third-order valence-corrected chi connectivity index (χ3v) is 4.35. The van der Waals surface area contributed by atoms with Gasteiger partial charge in [-0.1, -0.05) is 6.92 Å². The van der Waals surface area contributed by atoms with Crippen molar-refractivity contribution >= 4 is 23.0 Å². The quantitative estimate of drug-likeness (QED) is 0.705. The van der Waals surface area contributed by atoms with Gasteiger partial charge in [-0.2, -0.15) is 0 Å². The molecule has 0 amide bonds. The predicted octanol–water partition coefficient (Wildman–Crippen LogP) is 0.679. The zero-order valence-electron chi connectivity index (χ0n) is 15.0. The summed E-state index contributed by atoms with van der Waals surface area (Å²) in [6.45, 7) is 2.00. The average molecular weight is 365 g/mol. The lowest BCUT2D eigenvalue weighted by atomic mass is 10.1. The highest BCUT2D eigenvalue weighted by Crippen LogP contribution is 2.35. The van der Waals surface area contributed by atoms with Crippen LogP contribution in [0.1, 0.15) is 26.0 Å². The van der Waals surface area contributed by atoms with E-state index < -0.39 is 24.5 Å². The van der Waals surface area contributed by atoms with Gasteiger partial charge in [-0.15, -0.1) is 0 Å². The van der Waals surface area contributed by atoms with Crippen molar-refractivity contribution in [1.29, 1.82) is 0 Å². The molecule has 0 aliphatic carbocycles. The van der Waals surface area contributed by atoms with Crippen LogP contribution in [0.15, 0.2) is 12.7 Å². The SMILES string of the molecule is CCCC(=O)OC[C@H]1O[C@@H](n2cnc3c(N)ncnc32)[C@H](OC)[C@@H]1OC. The lowest BCUT2D eigenvalue weighted by molar-refractivity contribution is -0.150. The molecule has 0 aromatic carbocycles. The zero-order valence-corrected chi connectivity index (χ0v) is 15.0. The van der Waals surface area contributed by atoms with Gasteiger partial charge in [-0.05, 0) is 6.42 Å². The number of hydrogen-bond acceptors (Lipinski definition) is 9. The molecule has 3 heterocycles. The number of fused-ring (bicyclic) bond motifs is 1. The molecule has 2 aromatic heterocycles. The Hall–Kier alpha value is -2.30. The van der Waals surface area contributed by atoms with Gasteiger partial charge < -0.3 is 24.7 Å². The fourth-order valence-corrected chi connectivity index (χ4v) is 3.11. The number of methoxy groups -OCH3 is 2. The molecule has 3 rings (SSSR count). The molecular weight excluding hydrogens is 342 g/mol. The van der Waals surface area contributed by atoms with Crippen LogP contribution in [0.25, 0.3) is 11.2 Å². The van der Waals surface area contributed by atoms with Gasteiger partial charge in [-0.3, -0.25) is 9.36 Å². The second kappa shape index (κ2) is 7.94. The summed E-state index contributed by atoms with van der Waals surface area (Å²) in [5.74, 6) is 0.0195. The lowest BCUT2D eigenvalue weighted by Gasteiger charge is -2.22. The number of esters is 1. The summed E-state index contributed by atoms with van der Waals surface area (Å²) in [6.07, 6.45) is 2.13. The van der Waals surface area contributed by atoms with Crippen LogP contribution in [-0.4, -0.2) is 64.6 Å². The highest BCUT2D eigenvalue weighted by molar-refractivity contribution is 5.81. The molecule has 26 heavy (non-hydrogen) atoms. The summed E-state index contributed by atoms with van der Waals surface area (Å²) in [5.41, 5.74) is 6.86. The molecule has 1 aliphatic rings. The Morgan fingerprint density at radius 3 is 2.73 bits per heavy atom. The van der Waals surface area contributed by atoms with Gasteiger partial charge in [0.05, 0.1) is 6.33 Å². The Morgan fingerprint density at radius 2 is 2.04 bits per heavy atom. The number of ether oxygens (including phenoxy) is 4. The minimum absolute atomic E-state index is 0.0808. The number of rotatable bonds is 7. The highest BCUT2D eigenvalue weighted by Gasteiger charge is 2.47. The Kier molecular flexibility index (Phi) is 5.64.